The minimum atomic E-state index is 0.123. The highest BCUT2D eigenvalue weighted by Crippen LogP contribution is 2.29. The summed E-state index contributed by atoms with van der Waals surface area (Å²) in [4.78, 5) is 11.8. The van der Waals surface area contributed by atoms with E-state index in [1.165, 1.54) is 63.9 Å². The number of aliphatic hydroxyl groups excluding tert-OH is 1. The fourth-order valence-electron chi connectivity index (χ4n) is 3.80. The summed E-state index contributed by atoms with van der Waals surface area (Å²) in [6, 6.07) is 0. The van der Waals surface area contributed by atoms with Crippen molar-refractivity contribution in [2.24, 2.45) is 11.8 Å². The van der Waals surface area contributed by atoms with Gasteiger partial charge in [-0.1, -0.05) is 57.8 Å². The highest BCUT2D eigenvalue weighted by atomic mass is 16.3. The van der Waals surface area contributed by atoms with Gasteiger partial charge in [-0.05, 0) is 24.7 Å². The van der Waals surface area contributed by atoms with Gasteiger partial charge in [-0.25, -0.2) is 0 Å². The Bertz CT molecular complexity index is 320. The summed E-state index contributed by atoms with van der Waals surface area (Å²) in [6.45, 7) is 0. The molecule has 2 fully saturated rings. The lowest BCUT2D eigenvalue weighted by atomic mass is 9.86. The molecule has 0 saturated heterocycles. The molecule has 0 spiro atoms. The lowest BCUT2D eigenvalue weighted by Gasteiger charge is -2.20. The van der Waals surface area contributed by atoms with Crippen molar-refractivity contribution in [3.8, 4) is 0 Å². The number of carbonyl (C=O) groups excluding carboxylic acids is 1. The summed E-state index contributed by atoms with van der Waals surface area (Å²) in [5, 5.41) is 9.88. The van der Waals surface area contributed by atoms with Crippen LogP contribution in [0.2, 0.25) is 0 Å². The average molecular weight is 278 g/mol. The van der Waals surface area contributed by atoms with E-state index in [9.17, 15) is 9.90 Å². The molecule has 0 radical (unpaired) electrons. The first-order valence-corrected chi connectivity index (χ1v) is 8.66. The molecule has 2 aliphatic rings. The number of hydrogen-bond acceptors (Lipinski definition) is 2. The molecule has 2 heteroatoms. The Morgan fingerprint density at radius 3 is 1.95 bits per heavy atom. The molecule has 0 aliphatic heterocycles. The van der Waals surface area contributed by atoms with Crippen molar-refractivity contribution in [3.63, 3.8) is 0 Å². The van der Waals surface area contributed by atoms with E-state index >= 15 is 0 Å². The molecule has 20 heavy (non-hydrogen) atoms. The van der Waals surface area contributed by atoms with Crippen LogP contribution in [-0.2, 0) is 4.79 Å². The van der Waals surface area contributed by atoms with E-state index in [-0.39, 0.29) is 5.78 Å². The van der Waals surface area contributed by atoms with Gasteiger partial charge in [0, 0.05) is 18.9 Å². The predicted molar refractivity (Wildman–Crippen MR) is 82.7 cm³/mol. The first-order chi connectivity index (χ1) is 9.74. The molecule has 0 unspecified atom stereocenters. The third-order valence-corrected chi connectivity index (χ3v) is 5.13. The van der Waals surface area contributed by atoms with Crippen LogP contribution in [-0.4, -0.2) is 10.9 Å². The van der Waals surface area contributed by atoms with Crippen LogP contribution in [0.3, 0.4) is 0 Å². The van der Waals surface area contributed by atoms with Crippen LogP contribution in [0.5, 0.6) is 0 Å². The maximum absolute atomic E-state index is 11.8. The van der Waals surface area contributed by atoms with Gasteiger partial charge in [0.15, 0.2) is 5.78 Å². The Labute approximate surface area is 123 Å². The molecule has 0 heterocycles. The van der Waals surface area contributed by atoms with Gasteiger partial charge in [0.1, 0.15) is 0 Å². The zero-order chi connectivity index (χ0) is 14.2. The van der Waals surface area contributed by atoms with E-state index < -0.39 is 0 Å². The van der Waals surface area contributed by atoms with E-state index in [4.69, 9.17) is 0 Å². The normalized spacial score (nSPS) is 22.3. The Balaban J connectivity index is 1.62. The van der Waals surface area contributed by atoms with Crippen molar-refractivity contribution in [1.29, 1.82) is 0 Å². The SMILES string of the molecule is O=C(/C=C(\O)CCC1CCCCC1)CCC1CCCC1. The van der Waals surface area contributed by atoms with Crippen molar-refractivity contribution in [2.75, 3.05) is 0 Å². The molecule has 2 saturated carbocycles. The van der Waals surface area contributed by atoms with Crippen LogP contribution < -0.4 is 0 Å². The van der Waals surface area contributed by atoms with Crippen LogP contribution in [0, 0.1) is 11.8 Å². The Hall–Kier alpha value is -0.790. The number of rotatable bonds is 7. The van der Waals surface area contributed by atoms with Crippen LogP contribution in [0.4, 0.5) is 0 Å². The Morgan fingerprint density at radius 1 is 0.850 bits per heavy atom. The van der Waals surface area contributed by atoms with Gasteiger partial charge in [-0.2, -0.15) is 0 Å². The standard InChI is InChI=1S/C18H30O2/c19-17(12-10-15-6-2-1-3-7-15)14-18(20)13-11-16-8-4-5-9-16/h14-16,19H,1-13H2/b17-14-. The molecule has 114 valence electrons. The first kappa shape index (κ1) is 15.6. The Morgan fingerprint density at radius 2 is 1.35 bits per heavy atom. The van der Waals surface area contributed by atoms with Crippen LogP contribution in [0.25, 0.3) is 0 Å². The zero-order valence-corrected chi connectivity index (χ0v) is 12.8. The van der Waals surface area contributed by atoms with Gasteiger partial charge in [0.25, 0.3) is 0 Å². The van der Waals surface area contributed by atoms with Crippen molar-refractivity contribution in [2.45, 2.75) is 83.5 Å². The molecule has 0 aromatic rings. The van der Waals surface area contributed by atoms with Gasteiger partial charge < -0.3 is 5.11 Å². The van der Waals surface area contributed by atoms with Gasteiger partial charge >= 0.3 is 0 Å². The molecule has 0 aromatic heterocycles. The lowest BCUT2D eigenvalue weighted by Crippen LogP contribution is -2.07. The smallest absolute Gasteiger partial charge is 0.159 e. The monoisotopic (exact) mass is 278 g/mol. The molecule has 1 N–H and O–H groups in total. The number of carbonyl (C=O) groups is 1. The van der Waals surface area contributed by atoms with E-state index in [0.717, 1.165) is 24.7 Å². The first-order valence-electron chi connectivity index (χ1n) is 8.66. The van der Waals surface area contributed by atoms with Crippen LogP contribution in [0.15, 0.2) is 11.8 Å². The number of ketones is 1. The largest absolute Gasteiger partial charge is 0.512 e. The minimum Gasteiger partial charge on any atom is -0.512 e. The van der Waals surface area contributed by atoms with Gasteiger partial charge in [0.05, 0.1) is 5.76 Å². The summed E-state index contributed by atoms with van der Waals surface area (Å²) in [7, 11) is 0. The van der Waals surface area contributed by atoms with Crippen molar-refractivity contribution in [3.05, 3.63) is 11.8 Å². The number of hydrogen-bond donors (Lipinski definition) is 1. The van der Waals surface area contributed by atoms with E-state index in [0.29, 0.717) is 18.6 Å². The number of allylic oxidation sites excluding steroid dienone is 2. The molecule has 0 amide bonds. The van der Waals surface area contributed by atoms with Gasteiger partial charge in [0.2, 0.25) is 0 Å². The second kappa shape index (κ2) is 8.49. The fraction of sp³-hybridized carbons (Fsp3) is 0.833. The van der Waals surface area contributed by atoms with Crippen LogP contribution in [0.1, 0.15) is 83.5 Å². The third kappa shape index (κ3) is 5.68. The van der Waals surface area contributed by atoms with Crippen molar-refractivity contribution in [1.82, 2.24) is 0 Å². The summed E-state index contributed by atoms with van der Waals surface area (Å²) >= 11 is 0. The maximum atomic E-state index is 11.8. The summed E-state index contributed by atoms with van der Waals surface area (Å²) < 4.78 is 0. The highest BCUT2D eigenvalue weighted by Gasteiger charge is 2.16. The molecule has 0 bridgehead atoms. The molecule has 2 aliphatic carbocycles. The molecule has 2 rings (SSSR count). The topological polar surface area (TPSA) is 37.3 Å². The molecule has 0 atom stereocenters. The molecule has 2 nitrogen and oxygen atoms in total. The van der Waals surface area contributed by atoms with E-state index in [2.05, 4.69) is 0 Å². The zero-order valence-electron chi connectivity index (χ0n) is 12.8. The minimum absolute atomic E-state index is 0.123. The highest BCUT2D eigenvalue weighted by molar-refractivity contribution is 5.89. The van der Waals surface area contributed by atoms with E-state index in [1.807, 2.05) is 0 Å². The van der Waals surface area contributed by atoms with Gasteiger partial charge in [-0.3, -0.25) is 4.79 Å². The molecule has 0 aromatic carbocycles. The molecular weight excluding hydrogens is 248 g/mol. The maximum Gasteiger partial charge on any atom is 0.159 e. The second-order valence-electron chi connectivity index (χ2n) is 6.83. The lowest BCUT2D eigenvalue weighted by molar-refractivity contribution is -0.115. The summed E-state index contributed by atoms with van der Waals surface area (Å²) in [6.07, 6.45) is 16.8. The predicted octanol–water partition coefficient (Wildman–Crippen LogP) is 5.33. The number of aliphatic hydroxyl groups is 1. The van der Waals surface area contributed by atoms with Gasteiger partial charge in [-0.15, -0.1) is 0 Å². The second-order valence-corrected chi connectivity index (χ2v) is 6.83. The fourth-order valence-corrected chi connectivity index (χ4v) is 3.80. The van der Waals surface area contributed by atoms with E-state index in [1.54, 1.807) is 0 Å². The third-order valence-electron chi connectivity index (χ3n) is 5.13. The van der Waals surface area contributed by atoms with Crippen molar-refractivity contribution < 1.29 is 9.90 Å². The molecular formula is C18H30O2. The quantitative estimate of drug-likeness (QED) is 0.505. The Kier molecular flexibility index (Phi) is 6.62. The average Bonchev–Trinajstić information content (AvgIpc) is 2.97. The van der Waals surface area contributed by atoms with Crippen molar-refractivity contribution >= 4 is 5.78 Å². The van der Waals surface area contributed by atoms with Crippen LogP contribution >= 0.6 is 0 Å². The summed E-state index contributed by atoms with van der Waals surface area (Å²) in [5.41, 5.74) is 0. The summed E-state index contributed by atoms with van der Waals surface area (Å²) in [5.74, 6) is 1.97.